The number of allylic oxidation sites excluding steroid dienone is 1. The van der Waals surface area contributed by atoms with E-state index in [0.29, 0.717) is 117 Å². The van der Waals surface area contributed by atoms with E-state index < -0.39 is 17.8 Å². The predicted octanol–water partition coefficient (Wildman–Crippen LogP) is 4.92. The third-order valence-corrected chi connectivity index (χ3v) is 10.2. The van der Waals surface area contributed by atoms with Crippen LogP contribution < -0.4 is 35.8 Å². The molecule has 0 saturated carbocycles. The van der Waals surface area contributed by atoms with Gasteiger partial charge in [-0.1, -0.05) is 18.2 Å². The number of aromatic nitrogens is 5. The fraction of sp³-hybridized carbons (Fsp3) is 0.354. The van der Waals surface area contributed by atoms with Crippen LogP contribution in [0, 0.1) is 5.82 Å². The summed E-state index contributed by atoms with van der Waals surface area (Å²) in [5.74, 6) is -0.105. The van der Waals surface area contributed by atoms with E-state index in [1.165, 1.54) is 43.8 Å². The van der Waals surface area contributed by atoms with Gasteiger partial charge in [-0.05, 0) is 43.0 Å². The molecule has 69 heavy (non-hydrogen) atoms. The van der Waals surface area contributed by atoms with Gasteiger partial charge >= 0.3 is 0 Å². The fourth-order valence-corrected chi connectivity index (χ4v) is 6.85. The summed E-state index contributed by atoms with van der Waals surface area (Å²) in [5.41, 5.74) is 4.19. The second-order valence-corrected chi connectivity index (χ2v) is 15.1. The number of anilines is 6. The van der Waals surface area contributed by atoms with Gasteiger partial charge in [0.1, 0.15) is 23.6 Å². The number of aldehydes is 1. The number of para-hydroxylation sites is 1. The molecule has 0 aliphatic carbocycles. The van der Waals surface area contributed by atoms with Crippen molar-refractivity contribution in [1.29, 1.82) is 0 Å². The molecule has 0 aliphatic heterocycles. The smallest absolute Gasteiger partial charge is 0.254 e. The first-order valence-corrected chi connectivity index (χ1v) is 22.0. The van der Waals surface area contributed by atoms with E-state index in [1.807, 2.05) is 37.2 Å². The number of carbonyl (C=O) groups excluding carboxylic acids is 4. The Morgan fingerprint density at radius 2 is 1.49 bits per heavy atom. The number of benzene rings is 1. The van der Waals surface area contributed by atoms with Crippen molar-refractivity contribution in [2.75, 3.05) is 108 Å². The van der Waals surface area contributed by atoms with Crippen LogP contribution in [0.1, 0.15) is 39.1 Å². The predicted molar refractivity (Wildman–Crippen MR) is 258 cm³/mol. The van der Waals surface area contributed by atoms with Gasteiger partial charge in [-0.3, -0.25) is 19.4 Å². The highest BCUT2D eigenvalue weighted by Crippen LogP contribution is 2.37. The van der Waals surface area contributed by atoms with Crippen LogP contribution in [0.4, 0.5) is 38.8 Å². The van der Waals surface area contributed by atoms with Crippen LogP contribution >= 0.6 is 0 Å². The lowest BCUT2D eigenvalue weighted by Gasteiger charge is -2.30. The molecule has 4 N–H and O–H groups in total. The van der Waals surface area contributed by atoms with Crippen LogP contribution in [0.3, 0.4) is 0 Å². The molecule has 0 aliphatic rings. The van der Waals surface area contributed by atoms with Crippen LogP contribution in [0.25, 0.3) is 11.4 Å². The quantitative estimate of drug-likeness (QED) is 0.0262. The standard InChI is InChI=1S/C48H58FN11O9/c1-6-7-10-36(31-61)60(32-62)41-11-8-9-33(44(41)59(3)4)14-16-66-18-20-68-22-23-69-21-19-67-17-15-52-47(63)34-12-13-42(53-25-34)58-43-24-39(37(29-54-43)48(64)50-2)57-40-30-51-28-38(45(40)65-5)46-55-26-35(49)27-56-46/h6,8-9,11-13,24-32,36H,1,7,10,14-23H2,2-5H3,(H,50,64)(H,52,63)(H2,53,54,57,58). The molecule has 4 aromatic heterocycles. The van der Waals surface area contributed by atoms with Crippen LogP contribution in [-0.2, 0) is 35.0 Å². The summed E-state index contributed by atoms with van der Waals surface area (Å²) >= 11 is 0. The molecule has 0 radical (unpaired) electrons. The van der Waals surface area contributed by atoms with Gasteiger partial charge in [0.05, 0.1) is 118 Å². The number of halogens is 1. The normalized spacial score (nSPS) is 11.3. The summed E-state index contributed by atoms with van der Waals surface area (Å²) in [6.07, 6.45) is 12.8. The number of nitrogens with one attached hydrogen (secondary N) is 4. The molecule has 0 bridgehead atoms. The number of rotatable bonds is 31. The molecule has 5 rings (SSSR count). The van der Waals surface area contributed by atoms with Gasteiger partial charge in [0, 0.05) is 52.3 Å². The molecule has 4 heterocycles. The molecule has 3 amide bonds. The Morgan fingerprint density at radius 3 is 2.12 bits per heavy atom. The van der Waals surface area contributed by atoms with Crippen molar-refractivity contribution in [3.05, 3.63) is 109 Å². The van der Waals surface area contributed by atoms with Gasteiger partial charge in [-0.25, -0.2) is 24.3 Å². The summed E-state index contributed by atoms with van der Waals surface area (Å²) in [5, 5.41) is 11.7. The van der Waals surface area contributed by atoms with Gasteiger partial charge in [-0.15, -0.1) is 6.58 Å². The third kappa shape index (κ3) is 15.5. The van der Waals surface area contributed by atoms with E-state index in [-0.39, 0.29) is 30.4 Å². The number of nitrogens with zero attached hydrogens (tertiary/aromatic N) is 7. The molecule has 0 spiro atoms. The number of pyridine rings is 3. The molecular formula is C48H58FN11O9. The Kier molecular flexibility index (Phi) is 21.3. The molecular weight excluding hydrogens is 894 g/mol. The SMILES string of the molecule is C=CCCC(C=O)N(C=O)c1cccc(CCOCCOCCOCCOCCNC(=O)c2ccc(Nc3cc(Nc4cncc(-c5ncc(F)cn5)c4OC)c(C(=O)NC)cn3)nc2)c1N(C)C. The van der Waals surface area contributed by atoms with E-state index in [1.54, 1.807) is 24.3 Å². The molecule has 21 heteroatoms. The Balaban J connectivity index is 0.966. The van der Waals surface area contributed by atoms with E-state index in [9.17, 15) is 23.6 Å². The number of carbonyl (C=O) groups is 4. The van der Waals surface area contributed by atoms with Crippen molar-refractivity contribution < 1.29 is 47.3 Å². The Labute approximate surface area is 400 Å². The second-order valence-electron chi connectivity index (χ2n) is 15.1. The minimum Gasteiger partial charge on any atom is -0.494 e. The molecule has 1 atom stereocenters. The average Bonchev–Trinajstić information content (AvgIpc) is 3.36. The molecule has 20 nitrogen and oxygen atoms in total. The maximum atomic E-state index is 13.5. The lowest BCUT2D eigenvalue weighted by molar-refractivity contribution is -0.113. The minimum atomic E-state index is -0.593. The van der Waals surface area contributed by atoms with Crippen molar-refractivity contribution in [3.8, 4) is 17.1 Å². The molecule has 1 aromatic carbocycles. The zero-order valence-electron chi connectivity index (χ0n) is 39.1. The Bertz CT molecular complexity index is 2450. The maximum absolute atomic E-state index is 13.5. The first-order valence-electron chi connectivity index (χ1n) is 22.0. The minimum absolute atomic E-state index is 0.190. The van der Waals surface area contributed by atoms with Gasteiger partial charge in [-0.2, -0.15) is 0 Å². The van der Waals surface area contributed by atoms with Crippen LogP contribution in [0.5, 0.6) is 5.75 Å². The number of hydrogen-bond donors (Lipinski definition) is 4. The summed E-state index contributed by atoms with van der Waals surface area (Å²) in [6.45, 7) is 6.97. The first-order chi connectivity index (χ1) is 33.6. The van der Waals surface area contributed by atoms with E-state index >= 15 is 0 Å². The second kappa shape index (κ2) is 28.0. The number of methoxy groups -OCH3 is 1. The topological polar surface area (TPSA) is 233 Å². The molecule has 0 saturated heterocycles. The van der Waals surface area contributed by atoms with Crippen molar-refractivity contribution in [1.82, 2.24) is 35.6 Å². The van der Waals surface area contributed by atoms with Crippen LogP contribution in [0.2, 0.25) is 0 Å². The third-order valence-electron chi connectivity index (χ3n) is 10.2. The zero-order valence-corrected chi connectivity index (χ0v) is 39.1. The van der Waals surface area contributed by atoms with Crippen molar-refractivity contribution in [2.24, 2.45) is 0 Å². The number of hydrogen-bond acceptors (Lipinski definition) is 17. The van der Waals surface area contributed by atoms with Crippen LogP contribution in [0.15, 0.2) is 86.2 Å². The first kappa shape index (κ1) is 52.5. The lowest BCUT2D eigenvalue weighted by atomic mass is 10.0. The van der Waals surface area contributed by atoms with E-state index in [4.69, 9.17) is 23.7 Å². The highest BCUT2D eigenvalue weighted by molar-refractivity contribution is 6.01. The van der Waals surface area contributed by atoms with Gasteiger partial charge < -0.3 is 59.5 Å². The highest BCUT2D eigenvalue weighted by atomic mass is 19.1. The lowest BCUT2D eigenvalue weighted by Crippen LogP contribution is -2.36. The summed E-state index contributed by atoms with van der Waals surface area (Å²) in [7, 11) is 6.75. The van der Waals surface area contributed by atoms with Crippen molar-refractivity contribution in [2.45, 2.75) is 25.3 Å². The molecule has 0 fully saturated rings. The average molecular weight is 952 g/mol. The molecule has 1 unspecified atom stereocenters. The van der Waals surface area contributed by atoms with Gasteiger partial charge in [0.15, 0.2) is 17.4 Å². The van der Waals surface area contributed by atoms with Crippen LogP contribution in [-0.4, -0.2) is 143 Å². The summed E-state index contributed by atoms with van der Waals surface area (Å²) < 4.78 is 41.7. The van der Waals surface area contributed by atoms with Gasteiger partial charge in [0.25, 0.3) is 11.8 Å². The van der Waals surface area contributed by atoms with Crippen molar-refractivity contribution >= 4 is 58.9 Å². The number of amides is 3. The monoisotopic (exact) mass is 951 g/mol. The Morgan fingerprint density at radius 1 is 0.797 bits per heavy atom. The molecule has 5 aromatic rings. The summed E-state index contributed by atoms with van der Waals surface area (Å²) in [4.78, 5) is 73.9. The molecule has 366 valence electrons. The van der Waals surface area contributed by atoms with Gasteiger partial charge in [0.2, 0.25) is 6.41 Å². The fourth-order valence-electron chi connectivity index (χ4n) is 6.85. The number of ether oxygens (including phenoxy) is 5. The van der Waals surface area contributed by atoms with E-state index in [0.717, 1.165) is 29.9 Å². The zero-order chi connectivity index (χ0) is 49.4. The van der Waals surface area contributed by atoms with E-state index in [2.05, 4.69) is 52.8 Å². The summed E-state index contributed by atoms with van der Waals surface area (Å²) in [6, 6.07) is 9.94. The Hall–Kier alpha value is -7.46. The van der Waals surface area contributed by atoms with Crippen molar-refractivity contribution in [3.63, 3.8) is 0 Å². The highest BCUT2D eigenvalue weighted by Gasteiger charge is 2.23. The largest absolute Gasteiger partial charge is 0.494 e. The maximum Gasteiger partial charge on any atom is 0.254 e.